The van der Waals surface area contributed by atoms with E-state index in [2.05, 4.69) is 0 Å². The van der Waals surface area contributed by atoms with Crippen LogP contribution in [0.25, 0.3) is 0 Å². The lowest BCUT2D eigenvalue weighted by Crippen LogP contribution is -2.32. The summed E-state index contributed by atoms with van der Waals surface area (Å²) < 4.78 is 5.73. The van der Waals surface area contributed by atoms with Crippen molar-refractivity contribution in [3.8, 4) is 0 Å². The van der Waals surface area contributed by atoms with Crippen molar-refractivity contribution in [3.63, 3.8) is 0 Å². The number of non-ortho nitro benzene ring substituents is 1. The molecule has 5 nitrogen and oxygen atoms in total. The van der Waals surface area contributed by atoms with Crippen molar-refractivity contribution in [2.24, 2.45) is 23.7 Å². The van der Waals surface area contributed by atoms with Crippen LogP contribution in [-0.4, -0.2) is 17.0 Å². The fraction of sp³-hybridized carbons (Fsp3) is 0.588. The number of carbonyl (C=O) groups is 1. The van der Waals surface area contributed by atoms with Gasteiger partial charge in [0.05, 0.1) is 10.5 Å². The summed E-state index contributed by atoms with van der Waals surface area (Å²) in [5.74, 6) is 2.57. The zero-order chi connectivity index (χ0) is 15.3. The van der Waals surface area contributed by atoms with E-state index < -0.39 is 4.92 Å². The molecule has 4 rings (SSSR count). The first-order chi connectivity index (χ1) is 10.6. The maximum absolute atomic E-state index is 12.3. The molecule has 0 N–H and O–H groups in total. The van der Waals surface area contributed by atoms with E-state index in [0.29, 0.717) is 11.5 Å². The zero-order valence-electron chi connectivity index (χ0n) is 12.3. The van der Waals surface area contributed by atoms with Gasteiger partial charge in [-0.05, 0) is 61.5 Å². The average Bonchev–Trinajstić information content (AvgIpc) is 3.19. The van der Waals surface area contributed by atoms with Crippen LogP contribution in [0.5, 0.6) is 0 Å². The summed E-state index contributed by atoms with van der Waals surface area (Å²) >= 11 is 0. The molecule has 0 aliphatic heterocycles. The molecule has 5 heteroatoms. The third kappa shape index (κ3) is 2.11. The molecule has 116 valence electrons. The normalized spacial score (nSPS) is 35.4. The Morgan fingerprint density at radius 2 is 1.82 bits per heavy atom. The number of ether oxygens (including phenoxy) is 1. The number of carbonyl (C=O) groups excluding carboxylic acids is 1. The van der Waals surface area contributed by atoms with E-state index in [9.17, 15) is 14.9 Å². The molecule has 0 unspecified atom stereocenters. The maximum Gasteiger partial charge on any atom is 0.338 e. The van der Waals surface area contributed by atoms with Gasteiger partial charge in [0.1, 0.15) is 6.10 Å². The van der Waals surface area contributed by atoms with Gasteiger partial charge >= 0.3 is 5.97 Å². The van der Waals surface area contributed by atoms with E-state index in [4.69, 9.17) is 4.74 Å². The van der Waals surface area contributed by atoms with Crippen LogP contribution >= 0.6 is 0 Å². The highest BCUT2D eigenvalue weighted by Crippen LogP contribution is 2.59. The van der Waals surface area contributed by atoms with Gasteiger partial charge in [-0.3, -0.25) is 10.1 Å². The standard InChI is InChI=1S/C17H19NO4/c19-17(10-4-6-12(7-5-10)18(20)21)22-16-9-11-8-15(16)14-3-1-2-13(11)14/h4-7,11,13-16H,1-3,8-9H2/t11-,13+,14-,15+,16+/m0/s1. The summed E-state index contributed by atoms with van der Waals surface area (Å²) in [6.45, 7) is 0. The number of benzene rings is 1. The highest BCUT2D eigenvalue weighted by Gasteiger charge is 2.55. The van der Waals surface area contributed by atoms with Gasteiger partial charge in [0.2, 0.25) is 0 Å². The van der Waals surface area contributed by atoms with Crippen LogP contribution in [0.3, 0.4) is 0 Å². The van der Waals surface area contributed by atoms with Crippen molar-refractivity contribution in [3.05, 3.63) is 39.9 Å². The lowest BCUT2D eigenvalue weighted by molar-refractivity contribution is -0.384. The van der Waals surface area contributed by atoms with Crippen LogP contribution in [0.1, 0.15) is 42.5 Å². The van der Waals surface area contributed by atoms with Gasteiger partial charge in [-0.15, -0.1) is 0 Å². The molecule has 3 saturated carbocycles. The molecule has 1 aromatic rings. The number of nitro groups is 1. The van der Waals surface area contributed by atoms with Crippen molar-refractivity contribution in [1.29, 1.82) is 0 Å². The first kappa shape index (κ1) is 13.7. The van der Waals surface area contributed by atoms with Crippen molar-refractivity contribution in [1.82, 2.24) is 0 Å². The molecule has 0 aromatic heterocycles. The average molecular weight is 301 g/mol. The van der Waals surface area contributed by atoms with Gasteiger partial charge in [-0.25, -0.2) is 4.79 Å². The lowest BCUT2D eigenvalue weighted by atomic mass is 9.80. The number of hydrogen-bond donors (Lipinski definition) is 0. The SMILES string of the molecule is O=C(O[C@@H]1C[C@@H]2C[C@@H]1[C@H]1CCC[C@H]21)c1ccc([N+](=O)[O-])cc1. The number of fused-ring (bicyclic) bond motifs is 5. The molecule has 0 saturated heterocycles. The highest BCUT2D eigenvalue weighted by atomic mass is 16.6. The lowest BCUT2D eigenvalue weighted by Gasteiger charge is -2.31. The summed E-state index contributed by atoms with van der Waals surface area (Å²) in [6, 6.07) is 5.66. The minimum atomic E-state index is -0.467. The van der Waals surface area contributed by atoms with E-state index in [1.54, 1.807) is 0 Å². The van der Waals surface area contributed by atoms with Gasteiger partial charge in [-0.2, -0.15) is 0 Å². The summed E-state index contributed by atoms with van der Waals surface area (Å²) in [5, 5.41) is 10.6. The second-order valence-electron chi connectivity index (χ2n) is 6.90. The summed E-state index contributed by atoms with van der Waals surface area (Å²) in [5.41, 5.74) is 0.390. The highest BCUT2D eigenvalue weighted by molar-refractivity contribution is 5.89. The van der Waals surface area contributed by atoms with E-state index in [0.717, 1.165) is 24.2 Å². The first-order valence-corrected chi connectivity index (χ1v) is 8.09. The van der Waals surface area contributed by atoms with Gasteiger partial charge in [0, 0.05) is 12.1 Å². The molecule has 3 aliphatic rings. The predicted octanol–water partition coefficient (Wildman–Crippen LogP) is 3.58. The Kier molecular flexibility index (Phi) is 3.17. The molecule has 5 atom stereocenters. The molecule has 22 heavy (non-hydrogen) atoms. The number of esters is 1. The van der Waals surface area contributed by atoms with Gasteiger partial charge in [-0.1, -0.05) is 6.42 Å². The van der Waals surface area contributed by atoms with Crippen LogP contribution in [-0.2, 0) is 4.74 Å². The van der Waals surface area contributed by atoms with Gasteiger partial charge in [0.15, 0.2) is 0 Å². The summed E-state index contributed by atoms with van der Waals surface area (Å²) in [7, 11) is 0. The zero-order valence-corrected chi connectivity index (χ0v) is 12.3. The summed E-state index contributed by atoms with van der Waals surface area (Å²) in [4.78, 5) is 22.4. The molecule has 3 aliphatic carbocycles. The smallest absolute Gasteiger partial charge is 0.338 e. The Morgan fingerprint density at radius 1 is 1.09 bits per heavy atom. The molecule has 0 radical (unpaired) electrons. The van der Waals surface area contributed by atoms with E-state index in [1.165, 1.54) is 49.9 Å². The molecule has 0 amide bonds. The van der Waals surface area contributed by atoms with Crippen molar-refractivity contribution in [2.75, 3.05) is 0 Å². The minimum absolute atomic E-state index is 0.00901. The second-order valence-corrected chi connectivity index (χ2v) is 6.90. The molecule has 2 bridgehead atoms. The Hall–Kier alpha value is -1.91. The number of nitro benzene ring substituents is 1. The van der Waals surface area contributed by atoms with Gasteiger partial charge < -0.3 is 4.74 Å². The first-order valence-electron chi connectivity index (χ1n) is 8.09. The molecule has 3 fully saturated rings. The maximum atomic E-state index is 12.3. The van der Waals surface area contributed by atoms with Crippen LogP contribution in [0, 0.1) is 33.8 Å². The van der Waals surface area contributed by atoms with Crippen molar-refractivity contribution in [2.45, 2.75) is 38.2 Å². The number of hydrogen-bond acceptors (Lipinski definition) is 4. The Balaban J connectivity index is 1.43. The molecule has 0 spiro atoms. The third-order valence-corrected chi connectivity index (χ3v) is 5.94. The van der Waals surface area contributed by atoms with Crippen molar-refractivity contribution < 1.29 is 14.5 Å². The fourth-order valence-corrected chi connectivity index (χ4v) is 5.07. The Labute approximate surface area is 128 Å². The van der Waals surface area contributed by atoms with E-state index >= 15 is 0 Å². The van der Waals surface area contributed by atoms with Gasteiger partial charge in [0.25, 0.3) is 5.69 Å². The van der Waals surface area contributed by atoms with Crippen LogP contribution in [0.2, 0.25) is 0 Å². The minimum Gasteiger partial charge on any atom is -0.458 e. The predicted molar refractivity (Wildman–Crippen MR) is 79.3 cm³/mol. The Morgan fingerprint density at radius 3 is 2.55 bits per heavy atom. The second kappa shape index (κ2) is 5.07. The topological polar surface area (TPSA) is 69.4 Å². The largest absolute Gasteiger partial charge is 0.458 e. The molecule has 0 heterocycles. The molecular formula is C17H19NO4. The number of nitrogens with zero attached hydrogens (tertiary/aromatic N) is 1. The van der Waals surface area contributed by atoms with Crippen LogP contribution in [0.15, 0.2) is 24.3 Å². The number of rotatable bonds is 3. The van der Waals surface area contributed by atoms with E-state index in [1.807, 2.05) is 0 Å². The van der Waals surface area contributed by atoms with Crippen LogP contribution in [0.4, 0.5) is 5.69 Å². The van der Waals surface area contributed by atoms with Crippen molar-refractivity contribution >= 4 is 11.7 Å². The third-order valence-electron chi connectivity index (χ3n) is 5.94. The summed E-state index contributed by atoms with van der Waals surface area (Å²) in [6.07, 6.45) is 6.24. The fourth-order valence-electron chi connectivity index (χ4n) is 5.07. The quantitative estimate of drug-likeness (QED) is 0.486. The van der Waals surface area contributed by atoms with Crippen LogP contribution < -0.4 is 0 Å². The molecule has 1 aromatic carbocycles. The molecular weight excluding hydrogens is 282 g/mol. The van der Waals surface area contributed by atoms with E-state index in [-0.39, 0.29) is 17.8 Å². The monoisotopic (exact) mass is 301 g/mol. The Bertz CT molecular complexity index is 612.